The molecule has 1 saturated heterocycles. The predicted molar refractivity (Wildman–Crippen MR) is 116 cm³/mol. The number of hydrogen-bond acceptors (Lipinski definition) is 5. The number of piperidine rings is 1. The molecule has 1 amide bonds. The molecule has 0 aliphatic carbocycles. The van der Waals surface area contributed by atoms with Gasteiger partial charge in [-0.3, -0.25) is 9.52 Å². The van der Waals surface area contributed by atoms with Gasteiger partial charge < -0.3 is 14.4 Å². The first kappa shape index (κ1) is 21.0. The number of nitrogens with zero attached hydrogens (tertiary/aromatic N) is 1. The van der Waals surface area contributed by atoms with Gasteiger partial charge in [-0.15, -0.1) is 0 Å². The van der Waals surface area contributed by atoms with E-state index >= 15 is 0 Å². The van der Waals surface area contributed by atoms with Gasteiger partial charge in [0, 0.05) is 23.6 Å². The van der Waals surface area contributed by atoms with E-state index in [4.69, 9.17) is 9.47 Å². The number of amides is 1. The van der Waals surface area contributed by atoms with Crippen molar-refractivity contribution >= 4 is 37.5 Å². The smallest absolute Gasteiger partial charge is 0.267 e. The highest BCUT2D eigenvalue weighted by Crippen LogP contribution is 2.35. The fraction of sp³-hybridized carbons (Fsp3) is 0.381. The van der Waals surface area contributed by atoms with Gasteiger partial charge in [-0.1, -0.05) is 6.07 Å². The van der Waals surface area contributed by atoms with Crippen LogP contribution in [0, 0.1) is 6.92 Å². The number of rotatable bonds is 4. The van der Waals surface area contributed by atoms with E-state index in [0.717, 1.165) is 37.9 Å². The molecule has 7 nitrogen and oxygen atoms in total. The Kier molecular flexibility index (Phi) is 5.92. The second-order valence-electron chi connectivity index (χ2n) is 7.50. The van der Waals surface area contributed by atoms with Crippen LogP contribution in [0.3, 0.4) is 0 Å². The number of benzene rings is 2. The van der Waals surface area contributed by atoms with E-state index in [1.54, 1.807) is 6.07 Å². The minimum atomic E-state index is -3.82. The third-order valence-electron chi connectivity index (χ3n) is 5.20. The number of halogens is 1. The molecular formula is C21H23BrN2O5S. The number of ether oxygens (including phenoxy) is 2. The highest BCUT2D eigenvalue weighted by molar-refractivity contribution is 9.10. The number of sulfonamides is 1. The second-order valence-corrected chi connectivity index (χ2v) is 10.0. The van der Waals surface area contributed by atoms with Crippen molar-refractivity contribution in [2.24, 2.45) is 0 Å². The summed E-state index contributed by atoms with van der Waals surface area (Å²) in [4.78, 5) is 14.5. The van der Waals surface area contributed by atoms with Crippen LogP contribution in [0.25, 0.3) is 0 Å². The molecular weight excluding hydrogens is 472 g/mol. The molecule has 2 aliphatic heterocycles. The Hall–Kier alpha value is -2.26. The Balaban J connectivity index is 1.50. The lowest BCUT2D eigenvalue weighted by Crippen LogP contribution is -2.48. The minimum Gasteiger partial charge on any atom is -0.485 e. The molecule has 30 heavy (non-hydrogen) atoms. The van der Waals surface area contributed by atoms with Gasteiger partial charge in [0.15, 0.2) is 11.5 Å². The van der Waals surface area contributed by atoms with Crippen LogP contribution in [-0.4, -0.2) is 45.0 Å². The summed E-state index contributed by atoms with van der Waals surface area (Å²) < 4.78 is 40.4. The molecule has 4 rings (SSSR count). The van der Waals surface area contributed by atoms with E-state index in [1.165, 1.54) is 18.2 Å². The molecule has 0 bridgehead atoms. The summed E-state index contributed by atoms with van der Waals surface area (Å²) in [6, 6.07) is 9.75. The van der Waals surface area contributed by atoms with E-state index in [1.807, 2.05) is 24.0 Å². The Morgan fingerprint density at radius 2 is 1.87 bits per heavy atom. The van der Waals surface area contributed by atoms with Gasteiger partial charge in [-0.05, 0) is 71.9 Å². The summed E-state index contributed by atoms with van der Waals surface area (Å²) in [5.41, 5.74) is 1.46. The quantitative estimate of drug-likeness (QED) is 0.699. The van der Waals surface area contributed by atoms with Crippen molar-refractivity contribution in [3.63, 3.8) is 0 Å². The molecule has 2 aromatic rings. The lowest BCUT2D eigenvalue weighted by Gasteiger charge is -2.32. The largest absolute Gasteiger partial charge is 0.485 e. The number of likely N-dealkylation sites (tertiary alicyclic amines) is 1. The molecule has 9 heteroatoms. The maximum Gasteiger partial charge on any atom is 0.267 e. The fourth-order valence-corrected chi connectivity index (χ4v) is 5.38. The monoisotopic (exact) mass is 494 g/mol. The van der Waals surface area contributed by atoms with Gasteiger partial charge in [0.05, 0.1) is 10.6 Å². The Bertz CT molecular complexity index is 1070. The molecule has 1 fully saturated rings. The van der Waals surface area contributed by atoms with Crippen LogP contribution in [0.1, 0.15) is 24.8 Å². The third-order valence-corrected chi connectivity index (χ3v) is 7.22. The molecule has 0 radical (unpaired) electrons. The molecule has 160 valence electrons. The Labute approximate surface area is 184 Å². The number of fused-ring (bicyclic) bond motifs is 1. The third kappa shape index (κ3) is 4.41. The number of nitrogens with one attached hydrogen (secondary N) is 1. The summed E-state index contributed by atoms with van der Waals surface area (Å²) in [6.45, 7) is 3.46. The minimum absolute atomic E-state index is 0.0538. The molecule has 0 spiro atoms. The van der Waals surface area contributed by atoms with Crippen molar-refractivity contribution < 1.29 is 22.7 Å². The molecule has 0 aromatic heterocycles. The van der Waals surface area contributed by atoms with Crippen molar-refractivity contribution in [1.29, 1.82) is 0 Å². The van der Waals surface area contributed by atoms with Gasteiger partial charge in [-0.2, -0.15) is 0 Å². The first-order valence-corrected chi connectivity index (χ1v) is 12.1. The van der Waals surface area contributed by atoms with Crippen LogP contribution in [0.2, 0.25) is 0 Å². The van der Waals surface area contributed by atoms with Crippen LogP contribution in [-0.2, 0) is 14.8 Å². The van der Waals surface area contributed by atoms with Gasteiger partial charge in [0.1, 0.15) is 6.61 Å². The fourth-order valence-electron chi connectivity index (χ4n) is 3.56. The zero-order valence-corrected chi connectivity index (χ0v) is 19.0. The molecule has 2 aromatic carbocycles. The molecule has 1 unspecified atom stereocenters. The van der Waals surface area contributed by atoms with E-state index in [-0.39, 0.29) is 17.4 Å². The van der Waals surface area contributed by atoms with Crippen molar-refractivity contribution in [2.75, 3.05) is 24.4 Å². The van der Waals surface area contributed by atoms with E-state index in [2.05, 4.69) is 20.7 Å². The van der Waals surface area contributed by atoms with Gasteiger partial charge in [0.2, 0.25) is 6.10 Å². The molecule has 1 N–H and O–H groups in total. The van der Waals surface area contributed by atoms with E-state index < -0.39 is 16.1 Å². The number of hydrogen-bond donors (Lipinski definition) is 1. The Morgan fingerprint density at radius 1 is 1.10 bits per heavy atom. The average molecular weight is 495 g/mol. The Morgan fingerprint density at radius 3 is 2.60 bits per heavy atom. The normalized spacial score (nSPS) is 18.7. The number of carbonyl (C=O) groups is 1. The topological polar surface area (TPSA) is 84.9 Å². The van der Waals surface area contributed by atoms with Crippen LogP contribution in [0.5, 0.6) is 11.5 Å². The SMILES string of the molecule is Cc1ccc(NS(=O)(=O)c2ccc3c(c2)OCC(C(=O)N2CCCCC2)O3)c(Br)c1. The standard InChI is InChI=1S/C21H23BrN2O5S/c1-14-5-7-17(16(22)11-14)23-30(26,27)15-6-8-18-19(12-15)28-13-20(29-18)21(25)24-9-3-2-4-10-24/h5-8,11-12,20,23H,2-4,9-10,13H2,1H3. The molecule has 1 atom stereocenters. The number of aryl methyl sites for hydroxylation is 1. The van der Waals surface area contributed by atoms with Crippen molar-refractivity contribution in [1.82, 2.24) is 4.90 Å². The highest BCUT2D eigenvalue weighted by atomic mass is 79.9. The molecule has 2 aliphatic rings. The number of anilines is 1. The predicted octanol–water partition coefficient (Wildman–Crippen LogP) is 3.71. The molecule has 2 heterocycles. The van der Waals surface area contributed by atoms with Crippen molar-refractivity contribution in [3.8, 4) is 11.5 Å². The highest BCUT2D eigenvalue weighted by Gasteiger charge is 2.32. The van der Waals surface area contributed by atoms with Crippen LogP contribution >= 0.6 is 15.9 Å². The van der Waals surface area contributed by atoms with Gasteiger partial charge in [0.25, 0.3) is 15.9 Å². The van der Waals surface area contributed by atoms with Crippen molar-refractivity contribution in [2.45, 2.75) is 37.2 Å². The maximum atomic E-state index is 12.8. The van der Waals surface area contributed by atoms with Gasteiger partial charge >= 0.3 is 0 Å². The van der Waals surface area contributed by atoms with Crippen LogP contribution in [0.4, 0.5) is 5.69 Å². The van der Waals surface area contributed by atoms with Crippen LogP contribution in [0.15, 0.2) is 45.8 Å². The summed E-state index contributed by atoms with van der Waals surface area (Å²) >= 11 is 3.38. The van der Waals surface area contributed by atoms with E-state index in [0.29, 0.717) is 21.7 Å². The summed E-state index contributed by atoms with van der Waals surface area (Å²) in [5, 5.41) is 0. The second kappa shape index (κ2) is 8.47. The number of carbonyl (C=O) groups excluding carboxylic acids is 1. The zero-order valence-electron chi connectivity index (χ0n) is 16.6. The average Bonchev–Trinajstić information content (AvgIpc) is 2.75. The lowest BCUT2D eigenvalue weighted by molar-refractivity contribution is -0.142. The van der Waals surface area contributed by atoms with Crippen LogP contribution < -0.4 is 14.2 Å². The zero-order chi connectivity index (χ0) is 21.3. The van der Waals surface area contributed by atoms with E-state index in [9.17, 15) is 13.2 Å². The summed E-state index contributed by atoms with van der Waals surface area (Å²) in [7, 11) is -3.82. The van der Waals surface area contributed by atoms with Gasteiger partial charge in [-0.25, -0.2) is 8.42 Å². The first-order chi connectivity index (χ1) is 14.3. The summed E-state index contributed by atoms with van der Waals surface area (Å²) in [5.74, 6) is 0.596. The summed E-state index contributed by atoms with van der Waals surface area (Å²) in [6.07, 6.45) is 2.43. The maximum absolute atomic E-state index is 12.8. The molecule has 0 saturated carbocycles. The first-order valence-electron chi connectivity index (χ1n) is 9.85. The lowest BCUT2D eigenvalue weighted by atomic mass is 10.1. The van der Waals surface area contributed by atoms with Crippen molar-refractivity contribution in [3.05, 3.63) is 46.4 Å².